The van der Waals surface area contributed by atoms with Gasteiger partial charge in [-0.2, -0.15) is 0 Å². The maximum absolute atomic E-state index is 4.16. The zero-order valence-corrected chi connectivity index (χ0v) is 11.2. The van der Waals surface area contributed by atoms with E-state index in [4.69, 9.17) is 0 Å². The standard InChI is InChI=1S/C13H24N4/c1-4-17-9-15-16-13(17)8-14-12-6-5-10(2)7-11(12)3/h9-12,14H,4-8H2,1-3H3. The normalized spacial score (nSPS) is 29.5. The number of hydrogen-bond acceptors (Lipinski definition) is 3. The molecule has 0 bridgehead atoms. The monoisotopic (exact) mass is 236 g/mol. The summed E-state index contributed by atoms with van der Waals surface area (Å²) in [5, 5.41) is 11.8. The highest BCUT2D eigenvalue weighted by molar-refractivity contribution is 4.88. The van der Waals surface area contributed by atoms with Crippen molar-refractivity contribution in [3.05, 3.63) is 12.2 Å². The molecule has 4 heteroatoms. The van der Waals surface area contributed by atoms with Gasteiger partial charge in [0.05, 0.1) is 6.54 Å². The summed E-state index contributed by atoms with van der Waals surface area (Å²) in [6, 6.07) is 0.646. The van der Waals surface area contributed by atoms with E-state index in [1.165, 1.54) is 19.3 Å². The van der Waals surface area contributed by atoms with Gasteiger partial charge in [-0.15, -0.1) is 10.2 Å². The maximum atomic E-state index is 4.16. The minimum absolute atomic E-state index is 0.646. The Labute approximate surface area is 104 Å². The van der Waals surface area contributed by atoms with Crippen LogP contribution in [0.2, 0.25) is 0 Å². The molecule has 1 fully saturated rings. The van der Waals surface area contributed by atoms with Crippen LogP contribution in [0.3, 0.4) is 0 Å². The van der Waals surface area contributed by atoms with Gasteiger partial charge >= 0.3 is 0 Å². The Morgan fingerprint density at radius 3 is 2.94 bits per heavy atom. The van der Waals surface area contributed by atoms with Crippen molar-refractivity contribution in [2.75, 3.05) is 0 Å². The molecule has 96 valence electrons. The van der Waals surface area contributed by atoms with Gasteiger partial charge in [-0.1, -0.05) is 13.8 Å². The average Bonchev–Trinajstić information content (AvgIpc) is 2.75. The van der Waals surface area contributed by atoms with Crippen molar-refractivity contribution in [2.45, 2.75) is 59.2 Å². The largest absolute Gasteiger partial charge is 0.317 e. The molecule has 0 aliphatic heterocycles. The highest BCUT2D eigenvalue weighted by Gasteiger charge is 2.24. The molecule has 1 saturated carbocycles. The Kier molecular flexibility index (Phi) is 4.15. The van der Waals surface area contributed by atoms with Gasteiger partial charge in [0.15, 0.2) is 0 Å². The Morgan fingerprint density at radius 1 is 1.41 bits per heavy atom. The highest BCUT2D eigenvalue weighted by Crippen LogP contribution is 2.28. The molecule has 1 aliphatic carbocycles. The third-order valence-corrected chi connectivity index (χ3v) is 3.99. The zero-order chi connectivity index (χ0) is 12.3. The molecule has 1 aromatic rings. The van der Waals surface area contributed by atoms with E-state index in [2.05, 4.69) is 40.9 Å². The lowest BCUT2D eigenvalue weighted by Gasteiger charge is -2.33. The number of aromatic nitrogens is 3. The lowest BCUT2D eigenvalue weighted by Crippen LogP contribution is -2.39. The average molecular weight is 236 g/mol. The predicted octanol–water partition coefficient (Wildman–Crippen LogP) is 2.21. The minimum atomic E-state index is 0.646. The van der Waals surface area contributed by atoms with Gasteiger partial charge < -0.3 is 9.88 Å². The molecular formula is C13H24N4. The molecule has 0 spiro atoms. The van der Waals surface area contributed by atoms with Crippen LogP contribution in [-0.4, -0.2) is 20.8 Å². The molecule has 2 rings (SSSR count). The fourth-order valence-electron chi connectivity index (χ4n) is 2.87. The smallest absolute Gasteiger partial charge is 0.146 e. The molecule has 0 radical (unpaired) electrons. The summed E-state index contributed by atoms with van der Waals surface area (Å²) in [6.07, 6.45) is 5.80. The molecule has 1 aromatic heterocycles. The first-order chi connectivity index (χ1) is 8.20. The van der Waals surface area contributed by atoms with Crippen LogP contribution >= 0.6 is 0 Å². The number of nitrogens with one attached hydrogen (secondary N) is 1. The van der Waals surface area contributed by atoms with Crippen LogP contribution in [-0.2, 0) is 13.1 Å². The van der Waals surface area contributed by atoms with E-state index in [9.17, 15) is 0 Å². The number of aryl methyl sites for hydroxylation is 1. The van der Waals surface area contributed by atoms with Crippen LogP contribution < -0.4 is 5.32 Å². The number of hydrogen-bond donors (Lipinski definition) is 1. The van der Waals surface area contributed by atoms with E-state index in [0.717, 1.165) is 30.7 Å². The molecule has 17 heavy (non-hydrogen) atoms. The first kappa shape index (κ1) is 12.6. The van der Waals surface area contributed by atoms with E-state index in [-0.39, 0.29) is 0 Å². The fraction of sp³-hybridized carbons (Fsp3) is 0.846. The Morgan fingerprint density at radius 2 is 2.24 bits per heavy atom. The minimum Gasteiger partial charge on any atom is -0.317 e. The Hall–Kier alpha value is -0.900. The maximum Gasteiger partial charge on any atom is 0.146 e. The second-order valence-electron chi connectivity index (χ2n) is 5.42. The quantitative estimate of drug-likeness (QED) is 0.871. The van der Waals surface area contributed by atoms with Crippen LogP contribution in [0, 0.1) is 11.8 Å². The first-order valence-corrected chi connectivity index (χ1v) is 6.80. The van der Waals surface area contributed by atoms with Crippen molar-refractivity contribution in [1.82, 2.24) is 20.1 Å². The molecular weight excluding hydrogens is 212 g/mol. The van der Waals surface area contributed by atoms with E-state index in [1.54, 1.807) is 0 Å². The van der Waals surface area contributed by atoms with Crippen LogP contribution in [0.5, 0.6) is 0 Å². The third kappa shape index (κ3) is 3.06. The molecule has 3 atom stereocenters. The van der Waals surface area contributed by atoms with Gasteiger partial charge in [-0.25, -0.2) is 0 Å². The first-order valence-electron chi connectivity index (χ1n) is 6.80. The van der Waals surface area contributed by atoms with Gasteiger partial charge in [0.1, 0.15) is 12.2 Å². The van der Waals surface area contributed by atoms with Gasteiger partial charge in [0.2, 0.25) is 0 Å². The second kappa shape index (κ2) is 5.63. The summed E-state index contributed by atoms with van der Waals surface area (Å²) < 4.78 is 2.10. The molecule has 1 aliphatic rings. The summed E-state index contributed by atoms with van der Waals surface area (Å²) in [7, 11) is 0. The third-order valence-electron chi connectivity index (χ3n) is 3.99. The molecule has 3 unspecified atom stereocenters. The van der Waals surface area contributed by atoms with Gasteiger partial charge in [0.25, 0.3) is 0 Å². The van der Waals surface area contributed by atoms with Crippen molar-refractivity contribution >= 4 is 0 Å². The van der Waals surface area contributed by atoms with Crippen LogP contribution in [0.4, 0.5) is 0 Å². The second-order valence-corrected chi connectivity index (χ2v) is 5.42. The number of rotatable bonds is 4. The van der Waals surface area contributed by atoms with Gasteiger partial charge in [-0.3, -0.25) is 0 Å². The van der Waals surface area contributed by atoms with Gasteiger partial charge in [0, 0.05) is 12.6 Å². The van der Waals surface area contributed by atoms with Gasteiger partial charge in [-0.05, 0) is 38.0 Å². The van der Waals surface area contributed by atoms with Crippen molar-refractivity contribution < 1.29 is 0 Å². The van der Waals surface area contributed by atoms with E-state index in [1.807, 2.05) is 6.33 Å². The zero-order valence-electron chi connectivity index (χ0n) is 11.2. The molecule has 0 saturated heterocycles. The summed E-state index contributed by atoms with van der Waals surface area (Å²) in [5.74, 6) is 2.72. The summed E-state index contributed by atoms with van der Waals surface area (Å²) >= 11 is 0. The summed E-state index contributed by atoms with van der Waals surface area (Å²) in [5.41, 5.74) is 0. The summed E-state index contributed by atoms with van der Waals surface area (Å²) in [6.45, 7) is 8.63. The van der Waals surface area contributed by atoms with Crippen molar-refractivity contribution in [1.29, 1.82) is 0 Å². The lowest BCUT2D eigenvalue weighted by atomic mass is 9.80. The van der Waals surface area contributed by atoms with Crippen molar-refractivity contribution in [3.8, 4) is 0 Å². The van der Waals surface area contributed by atoms with Crippen molar-refractivity contribution in [3.63, 3.8) is 0 Å². The fourth-order valence-corrected chi connectivity index (χ4v) is 2.87. The van der Waals surface area contributed by atoms with Crippen molar-refractivity contribution in [2.24, 2.45) is 11.8 Å². The predicted molar refractivity (Wildman–Crippen MR) is 68.5 cm³/mol. The SMILES string of the molecule is CCn1cnnc1CNC1CCC(C)CC1C. The molecule has 0 aromatic carbocycles. The van der Waals surface area contributed by atoms with Crippen LogP contribution in [0.15, 0.2) is 6.33 Å². The Balaban J connectivity index is 1.86. The molecule has 0 amide bonds. The number of nitrogens with zero attached hydrogens (tertiary/aromatic N) is 3. The van der Waals surface area contributed by atoms with Crippen LogP contribution in [0.1, 0.15) is 45.9 Å². The molecule has 4 nitrogen and oxygen atoms in total. The van der Waals surface area contributed by atoms with Crippen LogP contribution in [0.25, 0.3) is 0 Å². The van der Waals surface area contributed by atoms with E-state index in [0.29, 0.717) is 6.04 Å². The van der Waals surface area contributed by atoms with E-state index < -0.39 is 0 Å². The molecule has 1 N–H and O–H groups in total. The molecule has 1 heterocycles. The van der Waals surface area contributed by atoms with E-state index >= 15 is 0 Å². The lowest BCUT2D eigenvalue weighted by molar-refractivity contribution is 0.225. The topological polar surface area (TPSA) is 42.7 Å². The highest BCUT2D eigenvalue weighted by atomic mass is 15.3. The summed E-state index contributed by atoms with van der Waals surface area (Å²) in [4.78, 5) is 0. The Bertz CT molecular complexity index is 347.